The van der Waals surface area contributed by atoms with Crippen LogP contribution in [-0.4, -0.2) is 211 Å². The predicted octanol–water partition coefficient (Wildman–Crippen LogP) is 12.9. The first-order valence-corrected chi connectivity index (χ1v) is 43.8. The molecule has 5 amide bonds. The number of nitrogens with zero attached hydrogens (tertiary/aromatic N) is 17. The lowest BCUT2D eigenvalue weighted by Gasteiger charge is -2.27. The predicted molar refractivity (Wildman–Crippen MR) is 513 cm³/mol. The number of anilines is 2. The van der Waals surface area contributed by atoms with Gasteiger partial charge in [0, 0.05) is 152 Å². The number of benzene rings is 5. The van der Waals surface area contributed by atoms with E-state index in [4.69, 9.17) is 57.1 Å². The summed E-state index contributed by atoms with van der Waals surface area (Å²) in [5.74, 6) is 1.72. The average molecular weight is 1940 g/mol. The molecule has 10 heterocycles. The van der Waals surface area contributed by atoms with Gasteiger partial charge in [0.2, 0.25) is 37.7 Å². The summed E-state index contributed by atoms with van der Waals surface area (Å²) in [6.07, 6.45) is -2.86. The molecule has 740 valence electrons. The minimum Gasteiger partial charge on any atom is -0.481 e. The lowest BCUT2D eigenvalue weighted by molar-refractivity contribution is -0.141. The summed E-state index contributed by atoms with van der Waals surface area (Å²) in [7, 11) is 16.7. The topological polar surface area (TPSA) is 420 Å². The zero-order valence-corrected chi connectivity index (χ0v) is 81.3. The van der Waals surface area contributed by atoms with Gasteiger partial charge in [-0.3, -0.25) is 63.4 Å². The number of alkyl halides is 8. The number of amides is 5. The molecule has 10 unspecified atom stereocenters. The number of methoxy groups -OCH3 is 1. The van der Waals surface area contributed by atoms with Crippen molar-refractivity contribution in [3.63, 3.8) is 0 Å². The summed E-state index contributed by atoms with van der Waals surface area (Å²) < 4.78 is 137. The molecule has 140 heavy (non-hydrogen) atoms. The number of halogens is 8. The van der Waals surface area contributed by atoms with E-state index in [0.717, 1.165) is 28.5 Å². The maximum absolute atomic E-state index is 13.3. The highest BCUT2D eigenvalue weighted by molar-refractivity contribution is 6.12. The molecule has 5 aliphatic heterocycles. The molecule has 5 aliphatic rings. The van der Waals surface area contributed by atoms with Crippen molar-refractivity contribution in [1.82, 2.24) is 49.4 Å². The second-order valence-corrected chi connectivity index (χ2v) is 34.2. The molecule has 0 bridgehead atoms. The Balaban J connectivity index is 0.000000167. The highest BCUT2D eigenvalue weighted by Gasteiger charge is 2.56. The maximum Gasteiger partial charge on any atom is 0.433 e. The molecule has 0 spiro atoms. The molecule has 33 nitrogen and oxygen atoms in total. The normalized spacial score (nSPS) is 20.4. The largest absolute Gasteiger partial charge is 0.481 e. The van der Waals surface area contributed by atoms with Gasteiger partial charge in [-0.25, -0.2) is 56.9 Å². The van der Waals surface area contributed by atoms with Crippen LogP contribution in [-0.2, 0) is 57.8 Å². The monoisotopic (exact) mass is 1940 g/mol. The molecule has 15 rings (SSSR count). The minimum absolute atomic E-state index is 0.0379. The smallest absolute Gasteiger partial charge is 0.433 e. The number of pyridine rings is 5. The van der Waals surface area contributed by atoms with Crippen molar-refractivity contribution in [2.24, 2.45) is 53.6 Å². The number of aliphatic imine (C=N–C) groups is 5. The molecule has 41 heteroatoms. The number of nitrogens with two attached hydrogens (primary N) is 5. The summed E-state index contributed by atoms with van der Waals surface area (Å²) in [6.45, 7) is 19.3. The number of carbonyl (C=O) groups excluding carboxylic acids is 5. The molecule has 5 aromatic carbocycles. The maximum atomic E-state index is 13.3. The van der Waals surface area contributed by atoms with Crippen LogP contribution < -0.4 is 66.9 Å². The molecule has 5 aromatic heterocycles. The molecule has 0 radical (unpaired) electrons. The van der Waals surface area contributed by atoms with E-state index >= 15 is 0 Å². The second-order valence-electron chi connectivity index (χ2n) is 34.2. The van der Waals surface area contributed by atoms with Gasteiger partial charge in [-0.15, -0.1) is 0 Å². The van der Waals surface area contributed by atoms with E-state index in [1.807, 2.05) is 70.0 Å². The second kappa shape index (κ2) is 41.8. The Kier molecular flexibility index (Phi) is 31.3. The van der Waals surface area contributed by atoms with E-state index in [2.05, 4.69) is 49.9 Å². The van der Waals surface area contributed by atoms with Crippen LogP contribution in [0.4, 0.5) is 46.6 Å². The fourth-order valence-corrected chi connectivity index (χ4v) is 16.1. The zero-order valence-electron chi connectivity index (χ0n) is 81.3. The molecule has 0 fully saturated rings. The van der Waals surface area contributed by atoms with E-state index in [1.165, 1.54) is 92.6 Å². The van der Waals surface area contributed by atoms with Crippen LogP contribution in [0, 0.1) is 34.6 Å². The van der Waals surface area contributed by atoms with Gasteiger partial charge in [0.1, 0.15) is 40.3 Å². The number of guanidine groups is 5. The Morgan fingerprint density at radius 2 is 0.607 bits per heavy atom. The van der Waals surface area contributed by atoms with E-state index < -0.39 is 77.3 Å². The number of hydrogen-bond acceptors (Lipinski definition) is 28. The van der Waals surface area contributed by atoms with Crippen LogP contribution in [0.15, 0.2) is 208 Å². The van der Waals surface area contributed by atoms with E-state index in [1.54, 1.807) is 191 Å². The Hall–Kier alpha value is -15.6. The number of likely N-dealkylation sites (N-methyl/N-ethyl adjacent to an activating group) is 5. The first-order valence-electron chi connectivity index (χ1n) is 43.8. The fraction of sp³-hybridized carbons (Fsp3) is 0.343. The molecular formula is C99H112F8N22O11. The number of rotatable bonds is 24. The average Bonchev–Trinajstić information content (AvgIpc) is 1.58. The molecule has 0 saturated heterocycles. The van der Waals surface area contributed by atoms with Gasteiger partial charge in [0.15, 0.2) is 57.5 Å². The van der Waals surface area contributed by atoms with E-state index in [0.29, 0.717) is 107 Å². The number of hydrogen-bond donors (Lipinski definition) is 5. The number of aromatic nitrogens is 5. The third-order valence-electron chi connectivity index (χ3n) is 23.5. The highest BCUT2D eigenvalue weighted by Crippen LogP contribution is 2.49. The van der Waals surface area contributed by atoms with Gasteiger partial charge in [0.05, 0.1) is 19.0 Å². The van der Waals surface area contributed by atoms with Crippen molar-refractivity contribution < 1.29 is 87.5 Å². The van der Waals surface area contributed by atoms with Crippen LogP contribution >= 0.6 is 0 Å². The fourth-order valence-electron chi connectivity index (χ4n) is 16.1. The summed E-state index contributed by atoms with van der Waals surface area (Å²) >= 11 is 0. The van der Waals surface area contributed by atoms with Gasteiger partial charge in [-0.05, 0) is 222 Å². The van der Waals surface area contributed by atoms with E-state index in [-0.39, 0.29) is 76.2 Å². The highest BCUT2D eigenvalue weighted by atomic mass is 19.4. The quantitative estimate of drug-likeness (QED) is 0.0351. The molecule has 10 atom stereocenters. The lowest BCUT2D eigenvalue weighted by Crippen LogP contribution is -2.41. The zero-order chi connectivity index (χ0) is 103. The number of carbonyl (C=O) groups is 5. The molecule has 10 N–H and O–H groups in total. The van der Waals surface area contributed by atoms with Gasteiger partial charge in [0.25, 0.3) is 29.5 Å². The first-order chi connectivity index (χ1) is 65.7. The van der Waals surface area contributed by atoms with Gasteiger partial charge >= 0.3 is 6.18 Å². The third kappa shape index (κ3) is 20.8. The summed E-state index contributed by atoms with van der Waals surface area (Å²) in [5.41, 5.74) is 31.6. The SMILES string of the molecule is COc1cc(C2(c3ccc(OC(C)F)c(C)c3)N=C(N)N(C)C2=O)ccn1.Cc1cc(C2(c3ccnc(C(C)C)c3)N=C(N)N(C)C2=O)ccc1OC(C)F.Cc1cc(C2(c3ccnc(C(F)(F)F)c3)N=C(N)N(C)C2=O)ccc1OC(C)F.Cc1cc(C2(c3ccnc(N(C)C)c3)N=C(N)N(C)C2=O)ccc1OC(C)F.Cc1cc(C2(c3cncc(N(C)C)c3)N=C(N)N(C)C2=O)ccc1OC(C)F. The molecule has 0 saturated carbocycles. The molecule has 10 aromatic rings. The van der Waals surface area contributed by atoms with Gasteiger partial charge in [-0.2, -0.15) is 13.2 Å². The van der Waals surface area contributed by atoms with Crippen LogP contribution in [0.5, 0.6) is 34.6 Å². The van der Waals surface area contributed by atoms with Crippen LogP contribution in [0.3, 0.4) is 0 Å². The third-order valence-corrected chi connectivity index (χ3v) is 23.5. The minimum atomic E-state index is -4.70. The molecule has 0 aliphatic carbocycles. The van der Waals surface area contributed by atoms with Crippen LogP contribution in [0.1, 0.15) is 149 Å². The standard InChI is InChI=1S/C21H25FN4O2.2C20H24FN5O2.C19H18F4N4O2.C19H21FN4O3/c1-12(2)17-11-16(8-9-24-17)21(19(27)26(5)20(23)25-21)15-6-7-18(13(3)10-15)28-14(4)22;1-12-8-14(6-7-17(12)28-13(2)21)20(18(27)26(5)19(22)24-20)15-9-16(25(3)4)11-23-10-15;1-12-10-14(6-7-16(12)28-13(2)21)20(18(27)26(5)19(22)24-20)15-8-9-23-17(11-15)25(3)4;1-10-8-12(4-5-14(10)29-11(2)20)18(16(28)27(3)17(24)26-18)13-6-7-25-15(9-13)19(21,22)23;1-11-9-13(5-6-15(11)27-12(2)20)19(17(25)24(3)18(21)23-19)14-7-8-22-16(10-14)26-4/h6-12,14H,1-5H3,(H2,23,25);2*6-11,13H,1-5H3,(H2,22,24);4-9,11H,1-3H3,(H2,24,26);5-10,12H,1-4H3,(H2,21,23). The number of aryl methyl sites for hydroxylation is 5. The van der Waals surface area contributed by atoms with Crippen molar-refractivity contribution in [1.29, 1.82) is 0 Å². The Bertz CT molecular complexity index is 6160. The first kappa shape index (κ1) is 105. The van der Waals surface area contributed by atoms with Crippen molar-refractivity contribution in [2.75, 3.05) is 80.3 Å². The van der Waals surface area contributed by atoms with Crippen molar-refractivity contribution in [3.8, 4) is 34.6 Å². The lowest BCUT2D eigenvalue weighted by atomic mass is 9.82. The van der Waals surface area contributed by atoms with Crippen LogP contribution in [0.2, 0.25) is 0 Å². The Morgan fingerprint density at radius 1 is 0.336 bits per heavy atom. The van der Waals surface area contributed by atoms with Gasteiger partial charge < -0.3 is 66.9 Å². The summed E-state index contributed by atoms with van der Waals surface area (Å²) in [6, 6.07) is 39.4. The summed E-state index contributed by atoms with van der Waals surface area (Å²) in [4.78, 5) is 119. The summed E-state index contributed by atoms with van der Waals surface area (Å²) in [5, 5.41) is 0. The molecular weight excluding hydrogens is 1830 g/mol. The Labute approximate surface area is 804 Å². The van der Waals surface area contributed by atoms with Crippen molar-refractivity contribution in [3.05, 3.63) is 278 Å². The van der Waals surface area contributed by atoms with Crippen molar-refractivity contribution >= 4 is 70.8 Å². The number of ether oxygens (including phenoxy) is 6. The van der Waals surface area contributed by atoms with Crippen molar-refractivity contribution in [2.45, 2.75) is 155 Å². The van der Waals surface area contributed by atoms with E-state index in [9.17, 15) is 59.1 Å². The van der Waals surface area contributed by atoms with Crippen LogP contribution in [0.25, 0.3) is 0 Å². The Morgan fingerprint density at radius 3 is 0.871 bits per heavy atom. The van der Waals surface area contributed by atoms with Gasteiger partial charge in [-0.1, -0.05) is 44.2 Å².